The third-order valence-electron chi connectivity index (χ3n) is 4.60. The van der Waals surface area contributed by atoms with Gasteiger partial charge in [0.2, 0.25) is 0 Å². The van der Waals surface area contributed by atoms with Crippen molar-refractivity contribution in [1.82, 2.24) is 0 Å². The number of sulfonamides is 1. The average molecular weight is 459 g/mol. The topological polar surface area (TPSA) is 93.7 Å². The minimum absolute atomic E-state index is 0.0812. The Balaban J connectivity index is 1.74. The van der Waals surface area contributed by atoms with Gasteiger partial charge in [-0.05, 0) is 67.9 Å². The van der Waals surface area contributed by atoms with E-state index in [1.165, 1.54) is 24.3 Å². The summed E-state index contributed by atoms with van der Waals surface area (Å²) in [5.74, 6) is -0.0145. The molecular weight excluding hydrogens is 435 g/mol. The van der Waals surface area contributed by atoms with Crippen molar-refractivity contribution < 1.29 is 27.1 Å². The zero-order chi connectivity index (χ0) is 23.3. The van der Waals surface area contributed by atoms with Crippen LogP contribution in [0.15, 0.2) is 71.6 Å². The van der Waals surface area contributed by atoms with Crippen LogP contribution in [0.1, 0.15) is 12.5 Å². The summed E-state index contributed by atoms with van der Waals surface area (Å²) >= 11 is 0. The Morgan fingerprint density at radius 2 is 1.66 bits per heavy atom. The maximum atomic E-state index is 13.9. The fraction of sp³-hybridized carbons (Fsp3) is 0.174. The van der Waals surface area contributed by atoms with E-state index < -0.39 is 27.9 Å². The van der Waals surface area contributed by atoms with Gasteiger partial charge in [-0.2, -0.15) is 0 Å². The number of rotatable bonds is 8. The highest BCUT2D eigenvalue weighted by Gasteiger charge is 2.21. The first-order valence-electron chi connectivity index (χ1n) is 9.69. The van der Waals surface area contributed by atoms with Crippen molar-refractivity contribution >= 4 is 27.3 Å². The number of amides is 1. The zero-order valence-corrected chi connectivity index (χ0v) is 18.6. The third kappa shape index (κ3) is 5.55. The second-order valence-corrected chi connectivity index (χ2v) is 8.64. The van der Waals surface area contributed by atoms with Crippen molar-refractivity contribution in [3.05, 3.63) is 78.1 Å². The molecule has 1 amide bonds. The molecule has 0 aromatic heterocycles. The van der Waals surface area contributed by atoms with Crippen LogP contribution >= 0.6 is 0 Å². The van der Waals surface area contributed by atoms with Crippen LogP contribution in [0.25, 0.3) is 0 Å². The molecule has 0 fully saturated rings. The number of anilines is 2. The van der Waals surface area contributed by atoms with Crippen molar-refractivity contribution in [2.24, 2.45) is 0 Å². The van der Waals surface area contributed by atoms with Gasteiger partial charge in [-0.1, -0.05) is 18.2 Å². The summed E-state index contributed by atoms with van der Waals surface area (Å²) in [7, 11) is -2.54. The molecule has 32 heavy (non-hydrogen) atoms. The minimum atomic E-state index is -4.08. The maximum absolute atomic E-state index is 13.9. The lowest BCUT2D eigenvalue weighted by Gasteiger charge is -2.16. The quantitative estimate of drug-likeness (QED) is 0.524. The van der Waals surface area contributed by atoms with Gasteiger partial charge in [-0.15, -0.1) is 0 Å². The van der Waals surface area contributed by atoms with E-state index >= 15 is 0 Å². The summed E-state index contributed by atoms with van der Waals surface area (Å²) in [6.45, 7) is 3.18. The molecule has 2 N–H and O–H groups in total. The lowest BCUT2D eigenvalue weighted by molar-refractivity contribution is -0.122. The number of carbonyl (C=O) groups is 1. The minimum Gasteiger partial charge on any atom is -0.497 e. The van der Waals surface area contributed by atoms with Crippen LogP contribution in [0.3, 0.4) is 0 Å². The first kappa shape index (κ1) is 23.1. The van der Waals surface area contributed by atoms with E-state index in [9.17, 15) is 17.6 Å². The molecular formula is C23H23FN2O5S. The third-order valence-corrected chi connectivity index (χ3v) is 6.11. The molecule has 1 atom stereocenters. The van der Waals surface area contributed by atoms with Gasteiger partial charge in [0.1, 0.15) is 17.3 Å². The fourth-order valence-electron chi connectivity index (χ4n) is 2.87. The fourth-order valence-corrected chi connectivity index (χ4v) is 4.21. The molecule has 168 valence electrons. The number of para-hydroxylation sites is 1. The van der Waals surface area contributed by atoms with E-state index in [-0.39, 0.29) is 16.3 Å². The number of ether oxygens (including phenoxy) is 2. The molecule has 0 bridgehead atoms. The van der Waals surface area contributed by atoms with Gasteiger partial charge in [0, 0.05) is 5.69 Å². The van der Waals surface area contributed by atoms with Crippen LogP contribution in [-0.4, -0.2) is 27.5 Å². The molecule has 0 aliphatic heterocycles. The normalized spacial score (nSPS) is 12.0. The Morgan fingerprint density at radius 3 is 2.31 bits per heavy atom. The van der Waals surface area contributed by atoms with E-state index in [2.05, 4.69) is 10.0 Å². The Labute approximate surface area is 186 Å². The Hall–Kier alpha value is -3.59. The lowest BCUT2D eigenvalue weighted by Crippen LogP contribution is -2.30. The summed E-state index contributed by atoms with van der Waals surface area (Å²) < 4.78 is 52.5. The van der Waals surface area contributed by atoms with Crippen LogP contribution in [0.2, 0.25) is 0 Å². The number of hydrogen-bond donors (Lipinski definition) is 2. The Bertz CT molecular complexity index is 1210. The first-order valence-corrected chi connectivity index (χ1v) is 11.2. The Kier molecular flexibility index (Phi) is 6.99. The van der Waals surface area contributed by atoms with Gasteiger partial charge < -0.3 is 14.8 Å². The molecule has 9 heteroatoms. The standard InChI is InChI=1S/C23H23FN2O5S/c1-15-8-9-17(14-22(15)32(28,29)26-21-7-5-4-6-20(21)24)25-23(27)16(2)31-19-12-10-18(30-3)11-13-19/h4-14,16,26H,1-3H3,(H,25,27). The first-order chi connectivity index (χ1) is 15.2. The average Bonchev–Trinajstić information content (AvgIpc) is 2.77. The predicted octanol–water partition coefficient (Wildman–Crippen LogP) is 4.35. The van der Waals surface area contributed by atoms with E-state index in [1.54, 1.807) is 57.4 Å². The monoisotopic (exact) mass is 458 g/mol. The Morgan fingerprint density at radius 1 is 1.00 bits per heavy atom. The highest BCUT2D eigenvalue weighted by atomic mass is 32.2. The maximum Gasteiger partial charge on any atom is 0.265 e. The van der Waals surface area contributed by atoms with Crippen LogP contribution in [0, 0.1) is 12.7 Å². The molecule has 7 nitrogen and oxygen atoms in total. The summed E-state index contributed by atoms with van der Waals surface area (Å²) in [6.07, 6.45) is -0.846. The van der Waals surface area contributed by atoms with Gasteiger partial charge in [0.25, 0.3) is 15.9 Å². The number of hydrogen-bond acceptors (Lipinski definition) is 5. The van der Waals surface area contributed by atoms with Crippen LogP contribution < -0.4 is 19.5 Å². The number of benzene rings is 3. The molecule has 0 heterocycles. The van der Waals surface area contributed by atoms with E-state index in [0.29, 0.717) is 17.1 Å². The molecule has 0 saturated heterocycles. The van der Waals surface area contributed by atoms with Crippen molar-refractivity contribution in [2.75, 3.05) is 17.1 Å². The SMILES string of the molecule is COc1ccc(OC(C)C(=O)Nc2ccc(C)c(S(=O)(=O)Nc3ccccc3F)c2)cc1. The van der Waals surface area contributed by atoms with Crippen molar-refractivity contribution in [3.8, 4) is 11.5 Å². The van der Waals surface area contributed by atoms with Crippen molar-refractivity contribution in [1.29, 1.82) is 0 Å². The van der Waals surface area contributed by atoms with Crippen LogP contribution in [0.5, 0.6) is 11.5 Å². The smallest absolute Gasteiger partial charge is 0.265 e. The second-order valence-electron chi connectivity index (χ2n) is 6.99. The van der Waals surface area contributed by atoms with E-state index in [1.807, 2.05) is 0 Å². The van der Waals surface area contributed by atoms with Gasteiger partial charge >= 0.3 is 0 Å². The van der Waals surface area contributed by atoms with E-state index in [4.69, 9.17) is 9.47 Å². The number of nitrogens with one attached hydrogen (secondary N) is 2. The van der Waals surface area contributed by atoms with Crippen LogP contribution in [0.4, 0.5) is 15.8 Å². The van der Waals surface area contributed by atoms with Gasteiger partial charge in [-0.3, -0.25) is 9.52 Å². The molecule has 3 aromatic carbocycles. The number of carbonyl (C=O) groups excluding carboxylic acids is 1. The molecule has 3 rings (SSSR count). The summed E-state index contributed by atoms with van der Waals surface area (Å²) in [6, 6.07) is 16.7. The molecule has 1 unspecified atom stereocenters. The molecule has 0 saturated carbocycles. The number of aryl methyl sites for hydroxylation is 1. The molecule has 0 radical (unpaired) electrons. The highest BCUT2D eigenvalue weighted by molar-refractivity contribution is 7.92. The predicted molar refractivity (Wildman–Crippen MR) is 120 cm³/mol. The van der Waals surface area contributed by atoms with Crippen molar-refractivity contribution in [3.63, 3.8) is 0 Å². The largest absolute Gasteiger partial charge is 0.497 e. The van der Waals surface area contributed by atoms with Crippen LogP contribution in [-0.2, 0) is 14.8 Å². The zero-order valence-electron chi connectivity index (χ0n) is 17.8. The molecule has 3 aromatic rings. The lowest BCUT2D eigenvalue weighted by atomic mass is 10.2. The second kappa shape index (κ2) is 9.69. The van der Waals surface area contributed by atoms with Gasteiger partial charge in [-0.25, -0.2) is 12.8 Å². The highest BCUT2D eigenvalue weighted by Crippen LogP contribution is 2.25. The summed E-state index contributed by atoms with van der Waals surface area (Å²) in [4.78, 5) is 12.5. The summed E-state index contributed by atoms with van der Waals surface area (Å²) in [5.41, 5.74) is 0.539. The summed E-state index contributed by atoms with van der Waals surface area (Å²) in [5, 5.41) is 2.64. The number of methoxy groups -OCH3 is 1. The van der Waals surface area contributed by atoms with Gasteiger partial charge in [0.05, 0.1) is 17.7 Å². The van der Waals surface area contributed by atoms with Gasteiger partial charge in [0.15, 0.2) is 6.10 Å². The molecule has 0 aliphatic carbocycles. The molecule has 0 aliphatic rings. The van der Waals surface area contributed by atoms with E-state index in [0.717, 1.165) is 6.07 Å². The van der Waals surface area contributed by atoms with Crippen molar-refractivity contribution in [2.45, 2.75) is 24.8 Å². The number of halogens is 1. The molecule has 0 spiro atoms.